The average Bonchev–Trinajstić information content (AvgIpc) is 2.71. The largest absolute Gasteiger partial charge is 0.288 e. The fourth-order valence-corrected chi connectivity index (χ4v) is 2.09. The molecule has 0 N–H and O–H groups in total. The van der Waals surface area contributed by atoms with Crippen LogP contribution in [0.15, 0.2) is 12.4 Å². The molecule has 2 rings (SSSR count). The molecule has 3 nitrogen and oxygen atoms in total. The first kappa shape index (κ1) is 9.38. The second kappa shape index (κ2) is 4.36. The van der Waals surface area contributed by atoms with Crippen molar-refractivity contribution in [3.63, 3.8) is 0 Å². The van der Waals surface area contributed by atoms with Crippen LogP contribution in [0.2, 0.25) is 0 Å². The molecule has 0 spiro atoms. The van der Waals surface area contributed by atoms with Crippen molar-refractivity contribution in [1.29, 1.82) is 0 Å². The van der Waals surface area contributed by atoms with Gasteiger partial charge in [-0.1, -0.05) is 12.0 Å². The Balaban J connectivity index is 2.08. The number of terminal acetylenes is 1. The maximum Gasteiger partial charge on any atom is 0.140 e. The molecule has 0 aromatic carbocycles. The highest BCUT2D eigenvalue weighted by Crippen LogP contribution is 2.20. The van der Waals surface area contributed by atoms with Gasteiger partial charge in [0.2, 0.25) is 0 Å². The van der Waals surface area contributed by atoms with Crippen molar-refractivity contribution in [3.8, 4) is 12.3 Å². The van der Waals surface area contributed by atoms with E-state index < -0.39 is 0 Å². The lowest BCUT2D eigenvalue weighted by atomic mass is 10.1. The van der Waals surface area contributed by atoms with E-state index in [1.165, 1.54) is 17.1 Å². The van der Waals surface area contributed by atoms with Gasteiger partial charge in [0.1, 0.15) is 11.3 Å². The number of hydrogen-bond donors (Lipinski definition) is 0. The second-order valence-electron chi connectivity index (χ2n) is 3.18. The SMILES string of the molecule is C#CCN1CCC=C(c2ncns2)C1. The van der Waals surface area contributed by atoms with Gasteiger partial charge in [-0.2, -0.15) is 4.37 Å². The van der Waals surface area contributed by atoms with E-state index in [2.05, 4.69) is 26.3 Å². The molecule has 2 heterocycles. The predicted octanol–water partition coefficient (Wildman–Crippen LogP) is 1.26. The van der Waals surface area contributed by atoms with Gasteiger partial charge in [-0.25, -0.2) is 4.98 Å². The van der Waals surface area contributed by atoms with E-state index in [4.69, 9.17) is 6.42 Å². The minimum Gasteiger partial charge on any atom is -0.288 e. The van der Waals surface area contributed by atoms with Crippen LogP contribution in [0.3, 0.4) is 0 Å². The van der Waals surface area contributed by atoms with Crippen LogP contribution < -0.4 is 0 Å². The highest BCUT2D eigenvalue weighted by molar-refractivity contribution is 7.06. The summed E-state index contributed by atoms with van der Waals surface area (Å²) in [5.74, 6) is 2.67. The molecule has 1 aromatic heterocycles. The van der Waals surface area contributed by atoms with Gasteiger partial charge >= 0.3 is 0 Å². The van der Waals surface area contributed by atoms with Crippen molar-refractivity contribution in [2.75, 3.05) is 19.6 Å². The molecule has 1 aromatic rings. The van der Waals surface area contributed by atoms with Gasteiger partial charge in [0.05, 0.1) is 6.54 Å². The average molecular weight is 205 g/mol. The lowest BCUT2D eigenvalue weighted by molar-refractivity contribution is 0.342. The number of aromatic nitrogens is 2. The third-order valence-electron chi connectivity index (χ3n) is 2.18. The third kappa shape index (κ3) is 2.00. The van der Waals surface area contributed by atoms with E-state index in [-0.39, 0.29) is 0 Å². The summed E-state index contributed by atoms with van der Waals surface area (Å²) in [6.07, 6.45) is 10.2. The van der Waals surface area contributed by atoms with Crippen molar-refractivity contribution >= 4 is 17.1 Å². The molecule has 0 saturated heterocycles. The topological polar surface area (TPSA) is 29.0 Å². The fraction of sp³-hybridized carbons (Fsp3) is 0.400. The quantitative estimate of drug-likeness (QED) is 0.681. The summed E-state index contributed by atoms with van der Waals surface area (Å²) in [7, 11) is 0. The van der Waals surface area contributed by atoms with Crippen LogP contribution in [0.1, 0.15) is 11.4 Å². The van der Waals surface area contributed by atoms with Crippen molar-refractivity contribution in [3.05, 3.63) is 17.4 Å². The van der Waals surface area contributed by atoms with Gasteiger partial charge in [-0.05, 0) is 23.5 Å². The molecule has 0 unspecified atom stereocenters. The van der Waals surface area contributed by atoms with Crippen molar-refractivity contribution in [2.24, 2.45) is 0 Å². The molecular weight excluding hydrogens is 194 g/mol. The molecule has 14 heavy (non-hydrogen) atoms. The van der Waals surface area contributed by atoms with Crippen LogP contribution in [0, 0.1) is 12.3 Å². The minimum absolute atomic E-state index is 0.718. The van der Waals surface area contributed by atoms with Crippen LogP contribution in [0.25, 0.3) is 5.57 Å². The number of hydrogen-bond acceptors (Lipinski definition) is 4. The van der Waals surface area contributed by atoms with E-state index in [0.29, 0.717) is 0 Å². The summed E-state index contributed by atoms with van der Waals surface area (Å²) in [5, 5.41) is 1.02. The molecule has 0 fully saturated rings. The Labute approximate surface area is 87.6 Å². The molecule has 0 radical (unpaired) electrons. The zero-order valence-electron chi connectivity index (χ0n) is 7.81. The summed E-state index contributed by atoms with van der Waals surface area (Å²) >= 11 is 1.44. The van der Waals surface area contributed by atoms with Crippen LogP contribution in [0.5, 0.6) is 0 Å². The van der Waals surface area contributed by atoms with Crippen molar-refractivity contribution in [2.45, 2.75) is 6.42 Å². The molecule has 1 aliphatic rings. The van der Waals surface area contributed by atoms with Gasteiger partial charge in [0.15, 0.2) is 0 Å². The smallest absolute Gasteiger partial charge is 0.140 e. The summed E-state index contributed by atoms with van der Waals surface area (Å²) in [5.41, 5.74) is 1.26. The monoisotopic (exact) mass is 205 g/mol. The first-order valence-corrected chi connectivity index (χ1v) is 5.29. The number of rotatable bonds is 2. The highest BCUT2D eigenvalue weighted by Gasteiger charge is 2.14. The zero-order chi connectivity index (χ0) is 9.80. The van der Waals surface area contributed by atoms with Crippen LogP contribution in [0.4, 0.5) is 0 Å². The molecule has 0 amide bonds. The maximum absolute atomic E-state index is 5.29. The summed E-state index contributed by atoms with van der Waals surface area (Å²) in [6, 6.07) is 0. The standard InChI is InChI=1S/C10H11N3S/c1-2-5-13-6-3-4-9(7-13)10-11-8-12-14-10/h1,4,8H,3,5-7H2. The third-order valence-corrected chi connectivity index (χ3v) is 2.92. The Bertz CT molecular complexity index is 361. The number of nitrogens with zero attached hydrogens (tertiary/aromatic N) is 3. The second-order valence-corrected chi connectivity index (χ2v) is 3.96. The Morgan fingerprint density at radius 2 is 2.57 bits per heavy atom. The molecule has 0 aliphatic carbocycles. The maximum atomic E-state index is 5.29. The predicted molar refractivity (Wildman–Crippen MR) is 57.8 cm³/mol. The Hall–Kier alpha value is -1.18. The van der Waals surface area contributed by atoms with Gasteiger partial charge < -0.3 is 0 Å². The van der Waals surface area contributed by atoms with Gasteiger partial charge in [-0.3, -0.25) is 4.90 Å². The van der Waals surface area contributed by atoms with E-state index >= 15 is 0 Å². The van der Waals surface area contributed by atoms with Gasteiger partial charge in [0, 0.05) is 13.1 Å². The first-order valence-electron chi connectivity index (χ1n) is 4.52. The van der Waals surface area contributed by atoms with E-state index in [0.717, 1.165) is 31.1 Å². The lowest BCUT2D eigenvalue weighted by Gasteiger charge is -2.23. The van der Waals surface area contributed by atoms with Crippen molar-refractivity contribution < 1.29 is 0 Å². The van der Waals surface area contributed by atoms with Crippen LogP contribution in [-0.2, 0) is 0 Å². The summed E-state index contributed by atoms with van der Waals surface area (Å²) in [6.45, 7) is 2.67. The lowest BCUT2D eigenvalue weighted by Crippen LogP contribution is -2.29. The summed E-state index contributed by atoms with van der Waals surface area (Å²) in [4.78, 5) is 6.44. The summed E-state index contributed by atoms with van der Waals surface area (Å²) < 4.78 is 4.00. The normalized spacial score (nSPS) is 17.5. The van der Waals surface area contributed by atoms with Crippen LogP contribution >= 0.6 is 11.5 Å². The Morgan fingerprint density at radius 1 is 1.64 bits per heavy atom. The van der Waals surface area contributed by atoms with E-state index in [1.54, 1.807) is 6.33 Å². The van der Waals surface area contributed by atoms with Crippen LogP contribution in [-0.4, -0.2) is 33.9 Å². The molecule has 0 saturated carbocycles. The van der Waals surface area contributed by atoms with E-state index in [1.807, 2.05) is 0 Å². The molecule has 1 aliphatic heterocycles. The van der Waals surface area contributed by atoms with Gasteiger partial charge in [-0.15, -0.1) is 6.42 Å². The molecule has 0 bridgehead atoms. The first-order chi connectivity index (χ1) is 6.90. The Kier molecular flexibility index (Phi) is 2.92. The van der Waals surface area contributed by atoms with Crippen molar-refractivity contribution in [1.82, 2.24) is 14.3 Å². The fourth-order valence-electron chi connectivity index (χ4n) is 1.54. The molecule has 0 atom stereocenters. The minimum atomic E-state index is 0.718. The zero-order valence-corrected chi connectivity index (χ0v) is 8.63. The Morgan fingerprint density at radius 3 is 3.29 bits per heavy atom. The molecular formula is C10H11N3S. The van der Waals surface area contributed by atoms with E-state index in [9.17, 15) is 0 Å². The molecule has 4 heteroatoms. The molecule has 72 valence electrons. The highest BCUT2D eigenvalue weighted by atomic mass is 32.1. The van der Waals surface area contributed by atoms with Gasteiger partial charge in [0.25, 0.3) is 0 Å².